The number of sulfonamides is 1. The van der Waals surface area contributed by atoms with E-state index in [4.69, 9.17) is 16.6 Å². The van der Waals surface area contributed by atoms with Gasteiger partial charge in [-0.1, -0.05) is 17.7 Å². The molecule has 1 aromatic carbocycles. The van der Waals surface area contributed by atoms with Crippen LogP contribution in [0.2, 0.25) is 5.15 Å². The van der Waals surface area contributed by atoms with Crippen molar-refractivity contribution in [2.75, 3.05) is 29.6 Å². The minimum atomic E-state index is -3.85. The van der Waals surface area contributed by atoms with Crippen molar-refractivity contribution in [2.45, 2.75) is 38.7 Å². The molecule has 1 saturated carbocycles. The number of hydrogen-bond acceptors (Lipinski definition) is 8. The van der Waals surface area contributed by atoms with Crippen LogP contribution in [-0.4, -0.2) is 54.1 Å². The molecule has 5 rings (SSSR count). The number of benzene rings is 1. The van der Waals surface area contributed by atoms with Crippen molar-refractivity contribution in [3.05, 3.63) is 56.6 Å². The van der Waals surface area contributed by atoms with Gasteiger partial charge < -0.3 is 10.2 Å². The summed E-state index contributed by atoms with van der Waals surface area (Å²) in [6.07, 6.45) is 0.534. The van der Waals surface area contributed by atoms with E-state index < -0.39 is 33.3 Å². The third-order valence-electron chi connectivity index (χ3n) is 7.13. The normalized spacial score (nSPS) is 18.4. The number of hydrogen-bond donors (Lipinski definition) is 2. The van der Waals surface area contributed by atoms with Crippen molar-refractivity contribution in [2.24, 2.45) is 12.5 Å². The van der Waals surface area contributed by atoms with Crippen LogP contribution < -0.4 is 20.5 Å². The summed E-state index contributed by atoms with van der Waals surface area (Å²) in [6, 6.07) is 6.05. The van der Waals surface area contributed by atoms with Crippen molar-refractivity contribution < 1.29 is 22.0 Å². The lowest BCUT2D eigenvalue weighted by molar-refractivity contribution is -0.170. The van der Waals surface area contributed by atoms with Gasteiger partial charge >= 0.3 is 0 Å². The van der Waals surface area contributed by atoms with E-state index in [1.807, 2.05) is 22.6 Å². The standard InChI is InChI=1S/C25H27ClF2N6O4S/c1-13-7-15(14(2)29-17-5-6-18(26)30-20(17)21(35)32-39(4,37)38)19-16(8-13)22(36)33(3)23(31-19)34-11-24(12-34)9-25(27,28)10-24/h5-8,14,29H,9-12H2,1-4H3,(H,32,35)/t14-/m1/s1. The van der Waals surface area contributed by atoms with Gasteiger partial charge in [0.05, 0.1) is 28.9 Å². The van der Waals surface area contributed by atoms with Crippen LogP contribution in [0.4, 0.5) is 20.4 Å². The highest BCUT2D eigenvalue weighted by Gasteiger charge is 2.62. The monoisotopic (exact) mass is 580 g/mol. The summed E-state index contributed by atoms with van der Waals surface area (Å²) in [5.41, 5.74) is 1.19. The molecule has 0 radical (unpaired) electrons. The lowest BCUT2D eigenvalue weighted by Gasteiger charge is -2.58. The summed E-state index contributed by atoms with van der Waals surface area (Å²) in [4.78, 5) is 36.6. The number of rotatable bonds is 6. The van der Waals surface area contributed by atoms with Crippen LogP contribution in [0.25, 0.3) is 10.9 Å². The summed E-state index contributed by atoms with van der Waals surface area (Å²) in [5, 5.41) is 3.56. The zero-order valence-corrected chi connectivity index (χ0v) is 23.3. The number of carbonyl (C=O) groups is 1. The second-order valence-corrected chi connectivity index (χ2v) is 12.8. The second kappa shape index (κ2) is 9.12. The molecule has 1 aliphatic carbocycles. The highest BCUT2D eigenvalue weighted by molar-refractivity contribution is 7.89. The molecule has 1 atom stereocenters. The van der Waals surface area contributed by atoms with Crippen molar-refractivity contribution in [3.63, 3.8) is 0 Å². The van der Waals surface area contributed by atoms with Gasteiger partial charge in [-0.2, -0.15) is 0 Å². The second-order valence-electron chi connectivity index (χ2n) is 10.7. The summed E-state index contributed by atoms with van der Waals surface area (Å²) in [7, 11) is -2.24. The molecular weight excluding hydrogens is 554 g/mol. The van der Waals surface area contributed by atoms with E-state index in [0.717, 1.165) is 11.8 Å². The Kier molecular flexibility index (Phi) is 6.37. The largest absolute Gasteiger partial charge is 0.377 e. The average Bonchev–Trinajstić information content (AvgIpc) is 2.78. The Bertz CT molecular complexity index is 1680. The smallest absolute Gasteiger partial charge is 0.285 e. The molecule has 2 N–H and O–H groups in total. The summed E-state index contributed by atoms with van der Waals surface area (Å²) in [5.74, 6) is -3.19. The van der Waals surface area contributed by atoms with Crippen molar-refractivity contribution >= 4 is 50.1 Å². The van der Waals surface area contributed by atoms with Crippen molar-refractivity contribution in [3.8, 4) is 0 Å². The molecule has 1 amide bonds. The molecule has 10 nitrogen and oxygen atoms in total. The van der Waals surface area contributed by atoms with Crippen LogP contribution >= 0.6 is 11.6 Å². The Balaban J connectivity index is 1.51. The van der Waals surface area contributed by atoms with Crippen LogP contribution in [-0.2, 0) is 17.1 Å². The lowest BCUT2D eigenvalue weighted by Crippen LogP contribution is -2.66. The maximum absolute atomic E-state index is 13.5. The van der Waals surface area contributed by atoms with E-state index in [1.165, 1.54) is 16.7 Å². The Hall–Kier alpha value is -3.32. The number of anilines is 2. The minimum Gasteiger partial charge on any atom is -0.377 e. The maximum atomic E-state index is 13.5. The lowest BCUT2D eigenvalue weighted by atomic mass is 9.61. The van der Waals surface area contributed by atoms with Crippen LogP contribution in [0, 0.1) is 12.3 Å². The van der Waals surface area contributed by atoms with Gasteiger partial charge in [-0.25, -0.2) is 31.9 Å². The van der Waals surface area contributed by atoms with Gasteiger partial charge in [0.1, 0.15) is 5.15 Å². The predicted octanol–water partition coefficient (Wildman–Crippen LogP) is 3.39. The first-order valence-electron chi connectivity index (χ1n) is 12.2. The van der Waals surface area contributed by atoms with E-state index in [-0.39, 0.29) is 34.9 Å². The zero-order valence-electron chi connectivity index (χ0n) is 21.7. The van der Waals surface area contributed by atoms with E-state index in [1.54, 1.807) is 20.0 Å². The Morgan fingerprint density at radius 1 is 1.18 bits per heavy atom. The van der Waals surface area contributed by atoms with Gasteiger partial charge in [0.25, 0.3) is 11.5 Å². The topological polar surface area (TPSA) is 126 Å². The van der Waals surface area contributed by atoms with Crippen LogP contribution in [0.15, 0.2) is 29.1 Å². The summed E-state index contributed by atoms with van der Waals surface area (Å²) in [6.45, 7) is 4.44. The zero-order chi connectivity index (χ0) is 28.5. The molecule has 0 unspecified atom stereocenters. The number of nitrogens with zero attached hydrogens (tertiary/aromatic N) is 4. The number of aromatic nitrogens is 3. The van der Waals surface area contributed by atoms with E-state index in [9.17, 15) is 26.8 Å². The predicted molar refractivity (Wildman–Crippen MR) is 144 cm³/mol. The molecular formula is C25H27ClF2N6O4S. The van der Waals surface area contributed by atoms with Crippen molar-refractivity contribution in [1.82, 2.24) is 19.3 Å². The SMILES string of the molecule is Cc1cc([C@@H](C)Nc2ccc(Cl)nc2C(=O)NS(C)(=O)=O)c2nc(N3CC4(C3)CC(F)(F)C4)n(C)c(=O)c2c1. The molecule has 208 valence electrons. The summed E-state index contributed by atoms with van der Waals surface area (Å²) < 4.78 is 53.6. The van der Waals surface area contributed by atoms with Crippen LogP contribution in [0.3, 0.4) is 0 Å². The average molecular weight is 581 g/mol. The van der Waals surface area contributed by atoms with Gasteiger partial charge in [-0.3, -0.25) is 14.2 Å². The van der Waals surface area contributed by atoms with Crippen LogP contribution in [0.5, 0.6) is 0 Å². The van der Waals surface area contributed by atoms with Crippen molar-refractivity contribution in [1.29, 1.82) is 0 Å². The quantitative estimate of drug-likeness (QED) is 0.425. The first-order valence-corrected chi connectivity index (χ1v) is 14.4. The molecule has 1 saturated heterocycles. The molecule has 39 heavy (non-hydrogen) atoms. The van der Waals surface area contributed by atoms with E-state index in [2.05, 4.69) is 10.3 Å². The number of pyridine rings is 1. The van der Waals surface area contributed by atoms with Gasteiger partial charge in [0, 0.05) is 44.0 Å². The number of halogens is 3. The molecule has 1 aliphatic heterocycles. The Morgan fingerprint density at radius 3 is 2.46 bits per heavy atom. The van der Waals surface area contributed by atoms with Gasteiger partial charge in [0.2, 0.25) is 21.9 Å². The number of aryl methyl sites for hydroxylation is 1. The molecule has 2 aromatic heterocycles. The Labute approximate surface area is 228 Å². The number of nitrogens with one attached hydrogen (secondary N) is 2. The molecule has 14 heteroatoms. The number of amides is 1. The first kappa shape index (κ1) is 27.3. The molecule has 2 fully saturated rings. The fourth-order valence-electron chi connectivity index (χ4n) is 5.58. The molecule has 1 spiro atoms. The van der Waals surface area contributed by atoms with Gasteiger partial charge in [-0.15, -0.1) is 0 Å². The third-order valence-corrected chi connectivity index (χ3v) is 7.89. The van der Waals surface area contributed by atoms with E-state index in [0.29, 0.717) is 35.5 Å². The highest BCUT2D eigenvalue weighted by Crippen LogP contribution is 2.57. The summed E-state index contributed by atoms with van der Waals surface area (Å²) >= 11 is 5.97. The van der Waals surface area contributed by atoms with E-state index >= 15 is 0 Å². The fourth-order valence-corrected chi connectivity index (χ4v) is 6.16. The Morgan fingerprint density at radius 2 is 1.85 bits per heavy atom. The molecule has 2 aliphatic rings. The number of carbonyl (C=O) groups excluding carboxylic acids is 1. The van der Waals surface area contributed by atoms with Crippen LogP contribution in [0.1, 0.15) is 47.4 Å². The highest BCUT2D eigenvalue weighted by atomic mass is 35.5. The third kappa shape index (κ3) is 5.17. The molecule has 3 aromatic rings. The number of fused-ring (bicyclic) bond motifs is 1. The maximum Gasteiger partial charge on any atom is 0.285 e. The fraction of sp³-hybridized carbons (Fsp3) is 0.440. The number of alkyl halides is 2. The molecule has 3 heterocycles. The van der Waals surface area contributed by atoms with Gasteiger partial charge in [0.15, 0.2) is 5.69 Å². The van der Waals surface area contributed by atoms with Gasteiger partial charge in [-0.05, 0) is 37.6 Å². The molecule has 0 bridgehead atoms. The first-order chi connectivity index (χ1) is 18.1. The minimum absolute atomic E-state index is 0.000732.